The summed E-state index contributed by atoms with van der Waals surface area (Å²) in [6.07, 6.45) is 0. The Labute approximate surface area is 118 Å². The molecular weight excluding hydrogens is 257 g/mol. The highest BCUT2D eigenvalue weighted by molar-refractivity contribution is 5.43. The van der Waals surface area contributed by atoms with Gasteiger partial charge in [-0.05, 0) is 44.7 Å². The van der Waals surface area contributed by atoms with E-state index in [0.29, 0.717) is 5.75 Å². The van der Waals surface area contributed by atoms with E-state index in [9.17, 15) is 4.39 Å². The van der Waals surface area contributed by atoms with Gasteiger partial charge in [-0.3, -0.25) is 0 Å². The summed E-state index contributed by atoms with van der Waals surface area (Å²) < 4.78 is 24.5. The van der Waals surface area contributed by atoms with Crippen molar-refractivity contribution in [2.24, 2.45) is 0 Å². The zero-order chi connectivity index (χ0) is 14.7. The smallest absolute Gasteiger partial charge is 0.124 e. The molecule has 0 aliphatic carbocycles. The first kappa shape index (κ1) is 14.6. The molecule has 0 aliphatic heterocycles. The van der Waals surface area contributed by atoms with Crippen molar-refractivity contribution in [3.8, 4) is 5.75 Å². The molecule has 0 amide bonds. The first-order valence-electron chi connectivity index (χ1n) is 6.70. The molecule has 108 valence electrons. The minimum Gasteiger partial charge on any atom is -0.496 e. The van der Waals surface area contributed by atoms with Gasteiger partial charge >= 0.3 is 0 Å². The topological polar surface area (TPSA) is 34.4 Å². The zero-order valence-corrected chi connectivity index (χ0v) is 12.3. The first-order chi connectivity index (χ1) is 9.56. The van der Waals surface area contributed by atoms with Crippen LogP contribution in [0.2, 0.25) is 0 Å². The van der Waals surface area contributed by atoms with Crippen LogP contribution in [0, 0.1) is 19.7 Å². The molecule has 0 fully saturated rings. The lowest BCUT2D eigenvalue weighted by atomic mass is 9.97. The number of aryl methyl sites for hydroxylation is 2. The Morgan fingerprint density at radius 1 is 1.25 bits per heavy atom. The Morgan fingerprint density at radius 3 is 2.55 bits per heavy atom. The van der Waals surface area contributed by atoms with E-state index in [4.69, 9.17) is 9.15 Å². The Balaban J connectivity index is 2.53. The summed E-state index contributed by atoms with van der Waals surface area (Å²) in [5, 5.41) is 3.36. The van der Waals surface area contributed by atoms with Gasteiger partial charge in [0.1, 0.15) is 23.1 Å². The molecule has 1 atom stereocenters. The fourth-order valence-electron chi connectivity index (χ4n) is 2.46. The summed E-state index contributed by atoms with van der Waals surface area (Å²) in [5.74, 6) is 2.06. The maximum atomic E-state index is 13.6. The summed E-state index contributed by atoms with van der Waals surface area (Å²) >= 11 is 0. The fourth-order valence-corrected chi connectivity index (χ4v) is 2.46. The maximum Gasteiger partial charge on any atom is 0.124 e. The van der Waals surface area contributed by atoms with Crippen molar-refractivity contribution < 1.29 is 13.5 Å². The van der Waals surface area contributed by atoms with Gasteiger partial charge in [-0.25, -0.2) is 4.39 Å². The van der Waals surface area contributed by atoms with Crippen molar-refractivity contribution in [2.75, 3.05) is 13.7 Å². The lowest BCUT2D eigenvalue weighted by Gasteiger charge is -2.20. The second kappa shape index (κ2) is 6.09. The molecular formula is C16H20FNO2. The Bertz CT molecular complexity index is 592. The lowest BCUT2D eigenvalue weighted by Crippen LogP contribution is -2.23. The maximum absolute atomic E-state index is 13.6. The van der Waals surface area contributed by atoms with Gasteiger partial charge in [0.15, 0.2) is 0 Å². The number of ether oxygens (including phenoxy) is 1. The summed E-state index contributed by atoms with van der Waals surface area (Å²) in [4.78, 5) is 0. The summed E-state index contributed by atoms with van der Waals surface area (Å²) in [6, 6.07) is 6.39. The second-order valence-corrected chi connectivity index (χ2v) is 4.75. The molecule has 4 heteroatoms. The monoisotopic (exact) mass is 277 g/mol. The van der Waals surface area contributed by atoms with E-state index in [2.05, 4.69) is 5.32 Å². The highest BCUT2D eigenvalue weighted by Crippen LogP contribution is 2.33. The average molecular weight is 277 g/mol. The molecule has 1 N–H and O–H groups in total. The third-order valence-corrected chi connectivity index (χ3v) is 3.30. The van der Waals surface area contributed by atoms with Gasteiger partial charge in [0, 0.05) is 11.1 Å². The van der Waals surface area contributed by atoms with Gasteiger partial charge in [-0.2, -0.15) is 0 Å². The van der Waals surface area contributed by atoms with E-state index in [1.54, 1.807) is 13.2 Å². The summed E-state index contributed by atoms with van der Waals surface area (Å²) in [7, 11) is 1.59. The van der Waals surface area contributed by atoms with Gasteiger partial charge in [0.05, 0.1) is 13.2 Å². The molecule has 1 unspecified atom stereocenters. The number of halogens is 1. The molecule has 1 aromatic carbocycles. The molecule has 1 aromatic heterocycles. The predicted octanol–water partition coefficient (Wildman–Crippen LogP) is 3.74. The minimum absolute atomic E-state index is 0.150. The van der Waals surface area contributed by atoms with Crippen LogP contribution in [-0.2, 0) is 0 Å². The third kappa shape index (κ3) is 2.85. The van der Waals surface area contributed by atoms with Crippen molar-refractivity contribution in [3.63, 3.8) is 0 Å². The Hall–Kier alpha value is -1.81. The number of nitrogens with one attached hydrogen (secondary N) is 1. The fraction of sp³-hybridized carbons (Fsp3) is 0.375. The molecule has 0 spiro atoms. The number of hydrogen-bond donors (Lipinski definition) is 1. The Morgan fingerprint density at radius 2 is 2.00 bits per heavy atom. The molecule has 20 heavy (non-hydrogen) atoms. The van der Waals surface area contributed by atoms with E-state index in [1.165, 1.54) is 12.1 Å². The number of rotatable bonds is 5. The van der Waals surface area contributed by atoms with Gasteiger partial charge in [-0.15, -0.1) is 0 Å². The second-order valence-electron chi connectivity index (χ2n) is 4.75. The van der Waals surface area contributed by atoms with Gasteiger partial charge < -0.3 is 14.5 Å². The van der Waals surface area contributed by atoms with Crippen molar-refractivity contribution in [1.29, 1.82) is 0 Å². The molecule has 3 nitrogen and oxygen atoms in total. The van der Waals surface area contributed by atoms with Crippen LogP contribution in [0.5, 0.6) is 5.75 Å². The van der Waals surface area contributed by atoms with E-state index in [-0.39, 0.29) is 11.9 Å². The van der Waals surface area contributed by atoms with E-state index in [0.717, 1.165) is 29.2 Å². The minimum atomic E-state index is -0.276. The van der Waals surface area contributed by atoms with E-state index in [1.807, 2.05) is 26.8 Å². The van der Waals surface area contributed by atoms with Crippen molar-refractivity contribution in [3.05, 3.63) is 52.7 Å². The first-order valence-corrected chi connectivity index (χ1v) is 6.70. The molecule has 2 aromatic rings. The standard InChI is InChI=1S/C16H20FNO2/c1-5-18-16(13-8-10(2)20-11(13)3)14-9-12(17)6-7-15(14)19-4/h6-9,16,18H,5H2,1-4H3. The van der Waals surface area contributed by atoms with Crippen LogP contribution >= 0.6 is 0 Å². The molecule has 0 saturated heterocycles. The highest BCUT2D eigenvalue weighted by Gasteiger charge is 2.22. The zero-order valence-electron chi connectivity index (χ0n) is 12.3. The summed E-state index contributed by atoms with van der Waals surface area (Å²) in [5.41, 5.74) is 1.78. The van der Waals surface area contributed by atoms with Crippen molar-refractivity contribution in [2.45, 2.75) is 26.8 Å². The normalized spacial score (nSPS) is 12.4. The van der Waals surface area contributed by atoms with Crippen LogP contribution in [-0.4, -0.2) is 13.7 Å². The van der Waals surface area contributed by atoms with Gasteiger partial charge in [-0.1, -0.05) is 6.92 Å². The van der Waals surface area contributed by atoms with Gasteiger partial charge in [0.2, 0.25) is 0 Å². The molecule has 1 heterocycles. The van der Waals surface area contributed by atoms with E-state index < -0.39 is 0 Å². The number of furan rings is 1. The number of methoxy groups -OCH3 is 1. The largest absolute Gasteiger partial charge is 0.496 e. The molecule has 0 bridgehead atoms. The van der Waals surface area contributed by atoms with Crippen LogP contribution in [0.15, 0.2) is 28.7 Å². The molecule has 0 aliphatic rings. The number of benzene rings is 1. The van der Waals surface area contributed by atoms with E-state index >= 15 is 0 Å². The number of hydrogen-bond acceptors (Lipinski definition) is 3. The molecule has 2 rings (SSSR count). The van der Waals surface area contributed by atoms with Crippen LogP contribution in [0.1, 0.15) is 35.6 Å². The SMILES string of the molecule is CCNC(c1cc(F)ccc1OC)c1cc(C)oc1C. The highest BCUT2D eigenvalue weighted by atomic mass is 19.1. The quantitative estimate of drug-likeness (QED) is 0.904. The Kier molecular flexibility index (Phi) is 4.45. The van der Waals surface area contributed by atoms with Crippen molar-refractivity contribution in [1.82, 2.24) is 5.32 Å². The summed E-state index contributed by atoms with van der Waals surface area (Å²) in [6.45, 7) is 6.59. The lowest BCUT2D eigenvalue weighted by molar-refractivity contribution is 0.402. The van der Waals surface area contributed by atoms with Crippen LogP contribution in [0.25, 0.3) is 0 Å². The van der Waals surface area contributed by atoms with Crippen LogP contribution < -0.4 is 10.1 Å². The molecule has 0 saturated carbocycles. The third-order valence-electron chi connectivity index (χ3n) is 3.30. The van der Waals surface area contributed by atoms with Crippen LogP contribution in [0.3, 0.4) is 0 Å². The predicted molar refractivity (Wildman–Crippen MR) is 76.7 cm³/mol. The average Bonchev–Trinajstić information content (AvgIpc) is 2.75. The molecule has 0 radical (unpaired) electrons. The van der Waals surface area contributed by atoms with Crippen molar-refractivity contribution >= 4 is 0 Å². The van der Waals surface area contributed by atoms with Crippen LogP contribution in [0.4, 0.5) is 4.39 Å². The van der Waals surface area contributed by atoms with Gasteiger partial charge in [0.25, 0.3) is 0 Å².